The maximum absolute atomic E-state index is 14.9. The van der Waals surface area contributed by atoms with E-state index >= 15 is 0 Å². The average molecular weight is 431 g/mol. The van der Waals surface area contributed by atoms with Crippen LogP contribution in [-0.2, 0) is 10.6 Å². The molecule has 0 heterocycles. The second kappa shape index (κ2) is 10.3. The van der Waals surface area contributed by atoms with Crippen LogP contribution in [0.2, 0.25) is 0 Å². The minimum Gasteiger partial charge on any atom is -0.496 e. The minimum absolute atomic E-state index is 0.0485. The van der Waals surface area contributed by atoms with Gasteiger partial charge in [-0.3, -0.25) is 0 Å². The van der Waals surface area contributed by atoms with Crippen LogP contribution in [0.4, 0.5) is 4.39 Å². The van der Waals surface area contributed by atoms with Crippen LogP contribution in [0, 0.1) is 19.7 Å². The van der Waals surface area contributed by atoms with Gasteiger partial charge in [0.15, 0.2) is 0 Å². The van der Waals surface area contributed by atoms with Crippen molar-refractivity contribution in [2.75, 3.05) is 7.11 Å². The Morgan fingerprint density at radius 2 is 1.70 bits per heavy atom. The van der Waals surface area contributed by atoms with Gasteiger partial charge >= 0.3 is 0 Å². The van der Waals surface area contributed by atoms with Gasteiger partial charge in [0.25, 0.3) is 0 Å². The Labute approximate surface area is 185 Å². The third-order valence-corrected chi connectivity index (χ3v) is 8.20. The van der Waals surface area contributed by atoms with Gasteiger partial charge in [-0.25, -0.2) is 4.39 Å². The molecule has 0 saturated heterocycles. The molecule has 1 nitrogen and oxygen atoms in total. The summed E-state index contributed by atoms with van der Waals surface area (Å²) in [6.45, 7) is 15.3. The van der Waals surface area contributed by atoms with Crippen LogP contribution in [0.3, 0.4) is 0 Å². The number of halogens is 1. The van der Waals surface area contributed by atoms with Crippen LogP contribution in [0.5, 0.6) is 5.75 Å². The lowest BCUT2D eigenvalue weighted by molar-refractivity contribution is 0.390. The van der Waals surface area contributed by atoms with E-state index in [0.29, 0.717) is 8.58 Å². The molecule has 30 heavy (non-hydrogen) atoms. The highest BCUT2D eigenvalue weighted by molar-refractivity contribution is 7.48. The maximum atomic E-state index is 14.9. The summed E-state index contributed by atoms with van der Waals surface area (Å²) in [5, 5.41) is 0.711. The van der Waals surface area contributed by atoms with Gasteiger partial charge in [0, 0.05) is 16.0 Å². The van der Waals surface area contributed by atoms with Gasteiger partial charge in [0.05, 0.1) is 7.11 Å². The van der Waals surface area contributed by atoms with E-state index in [0.717, 1.165) is 35.9 Å². The van der Waals surface area contributed by atoms with E-state index in [1.54, 1.807) is 13.2 Å². The first-order valence-electron chi connectivity index (χ1n) is 11.3. The van der Waals surface area contributed by atoms with Gasteiger partial charge in [-0.15, -0.1) is 0 Å². The first kappa shape index (κ1) is 24.9. The molecule has 0 amide bonds. The second-order valence-electron chi connectivity index (χ2n) is 9.63. The zero-order valence-electron chi connectivity index (χ0n) is 20.2. The minimum atomic E-state index is -0.122. The zero-order chi connectivity index (χ0) is 22.5. The summed E-state index contributed by atoms with van der Waals surface area (Å²) in [5.74, 6) is 0.894. The molecular formula is C27H40FOP. The number of hydrogen-bond donors (Lipinski definition) is 0. The van der Waals surface area contributed by atoms with Gasteiger partial charge < -0.3 is 4.74 Å². The van der Waals surface area contributed by atoms with Gasteiger partial charge in [-0.05, 0) is 54.9 Å². The lowest BCUT2D eigenvalue weighted by Gasteiger charge is -2.37. The Hall–Kier alpha value is -1.40. The maximum Gasteiger partial charge on any atom is 0.130 e. The summed E-state index contributed by atoms with van der Waals surface area (Å²) in [4.78, 5) is 0. The largest absolute Gasteiger partial charge is 0.496 e. The monoisotopic (exact) mass is 430 g/mol. The van der Waals surface area contributed by atoms with Crippen molar-refractivity contribution in [1.82, 2.24) is 0 Å². The molecule has 0 aliphatic rings. The molecule has 0 aliphatic carbocycles. The summed E-state index contributed by atoms with van der Waals surface area (Å²) in [7, 11) is 2.14. The van der Waals surface area contributed by atoms with Crippen LogP contribution in [-0.4, -0.2) is 7.11 Å². The average Bonchev–Trinajstić information content (AvgIpc) is 2.68. The van der Waals surface area contributed by atoms with Crippen LogP contribution in [0.1, 0.15) is 89.0 Å². The summed E-state index contributed by atoms with van der Waals surface area (Å²) in [6.07, 6.45) is 5.54. The zero-order valence-corrected chi connectivity index (χ0v) is 21.2. The first-order valence-corrected chi connectivity index (χ1v) is 12.3. The van der Waals surface area contributed by atoms with Crippen molar-refractivity contribution >= 4 is 13.9 Å². The van der Waals surface area contributed by atoms with E-state index in [-0.39, 0.29) is 16.4 Å². The molecule has 2 rings (SSSR count). The van der Waals surface area contributed by atoms with Crippen molar-refractivity contribution in [3.63, 3.8) is 0 Å². The Morgan fingerprint density at radius 3 is 2.23 bits per heavy atom. The molecule has 3 heteroatoms. The summed E-state index contributed by atoms with van der Waals surface area (Å²) in [6, 6.07) is 10.3. The Bertz CT molecular complexity index is 853. The van der Waals surface area contributed by atoms with Crippen LogP contribution >= 0.6 is 8.58 Å². The molecule has 166 valence electrons. The summed E-state index contributed by atoms with van der Waals surface area (Å²) < 4.78 is 20.9. The topological polar surface area (TPSA) is 9.23 Å². The standard InChI is InChI=1S/C27H40FOP/c1-9-11-12-15-27(10-2,30-24-14-13-19(3)16-23(24)28)22-18-21(26(5,6)7)17-20(4)25(22)29-8/h13-14,16-18,30H,9-12,15H2,1-8H3. The number of ether oxygens (including phenoxy) is 1. The van der Waals surface area contributed by atoms with Gasteiger partial charge in [-0.2, -0.15) is 0 Å². The number of benzene rings is 2. The fourth-order valence-corrected chi connectivity index (χ4v) is 5.88. The van der Waals surface area contributed by atoms with Crippen molar-refractivity contribution < 1.29 is 9.13 Å². The molecule has 0 fully saturated rings. The smallest absolute Gasteiger partial charge is 0.130 e. The highest BCUT2D eigenvalue weighted by Gasteiger charge is 2.35. The van der Waals surface area contributed by atoms with Crippen LogP contribution in [0.15, 0.2) is 30.3 Å². The highest BCUT2D eigenvalue weighted by atomic mass is 31.1. The molecule has 2 aromatic rings. The summed E-state index contributed by atoms with van der Waals surface area (Å²) >= 11 is 0. The molecule has 2 unspecified atom stereocenters. The second-order valence-corrected chi connectivity index (χ2v) is 11.4. The van der Waals surface area contributed by atoms with Crippen molar-refractivity contribution in [3.05, 3.63) is 58.4 Å². The fraction of sp³-hybridized carbons (Fsp3) is 0.556. The molecule has 0 saturated carbocycles. The molecular weight excluding hydrogens is 390 g/mol. The number of aryl methyl sites for hydroxylation is 2. The summed E-state index contributed by atoms with van der Waals surface area (Å²) in [5.41, 5.74) is 4.76. The number of rotatable bonds is 9. The third-order valence-electron chi connectivity index (χ3n) is 6.17. The fourth-order valence-electron chi connectivity index (χ4n) is 4.21. The lowest BCUT2D eigenvalue weighted by atomic mass is 9.80. The molecule has 2 aromatic carbocycles. The van der Waals surface area contributed by atoms with Crippen molar-refractivity contribution in [1.29, 1.82) is 0 Å². The normalized spacial score (nSPS) is 14.3. The molecule has 0 N–H and O–H groups in total. The third kappa shape index (κ3) is 5.64. The van der Waals surface area contributed by atoms with Crippen molar-refractivity contribution in [2.45, 2.75) is 91.1 Å². The predicted molar refractivity (Wildman–Crippen MR) is 132 cm³/mol. The quantitative estimate of drug-likeness (QED) is 0.290. The van der Waals surface area contributed by atoms with E-state index in [1.165, 1.54) is 29.5 Å². The van der Waals surface area contributed by atoms with Crippen molar-refractivity contribution in [2.24, 2.45) is 0 Å². The lowest BCUT2D eigenvalue weighted by Crippen LogP contribution is -2.26. The van der Waals surface area contributed by atoms with Gasteiger partial charge in [0.1, 0.15) is 11.6 Å². The molecule has 0 aromatic heterocycles. The van der Waals surface area contributed by atoms with E-state index < -0.39 is 0 Å². The van der Waals surface area contributed by atoms with E-state index in [2.05, 4.69) is 53.7 Å². The van der Waals surface area contributed by atoms with Gasteiger partial charge in [-0.1, -0.05) is 86.7 Å². The molecule has 2 atom stereocenters. The number of hydrogen-bond acceptors (Lipinski definition) is 1. The van der Waals surface area contributed by atoms with E-state index in [9.17, 15) is 4.39 Å². The van der Waals surface area contributed by atoms with Gasteiger partial charge in [0.2, 0.25) is 0 Å². The van der Waals surface area contributed by atoms with Crippen LogP contribution in [0.25, 0.3) is 0 Å². The SMILES string of the molecule is CCCCCC(CC)(Pc1ccc(C)cc1F)c1cc(C(C)(C)C)cc(C)c1OC. The Morgan fingerprint density at radius 1 is 1.00 bits per heavy atom. The van der Waals surface area contributed by atoms with E-state index in [1.807, 2.05) is 19.1 Å². The Kier molecular flexibility index (Phi) is 8.51. The highest BCUT2D eigenvalue weighted by Crippen LogP contribution is 2.52. The molecule has 0 radical (unpaired) electrons. The first-order chi connectivity index (χ1) is 14.1. The molecule has 0 spiro atoms. The molecule has 0 bridgehead atoms. The number of methoxy groups -OCH3 is 1. The predicted octanol–water partition coefficient (Wildman–Crippen LogP) is 7.94. The van der Waals surface area contributed by atoms with Crippen LogP contribution < -0.4 is 10.0 Å². The Balaban J connectivity index is 2.70. The number of unbranched alkanes of at least 4 members (excludes halogenated alkanes) is 2. The van der Waals surface area contributed by atoms with Crippen molar-refractivity contribution in [3.8, 4) is 5.75 Å². The van der Waals surface area contributed by atoms with E-state index in [4.69, 9.17) is 4.74 Å². The molecule has 0 aliphatic heterocycles.